The van der Waals surface area contributed by atoms with Crippen LogP contribution in [-0.4, -0.2) is 24.5 Å². The van der Waals surface area contributed by atoms with E-state index in [1.165, 1.54) is 24.3 Å². The van der Waals surface area contributed by atoms with Gasteiger partial charge in [-0.2, -0.15) is 4.39 Å². The minimum atomic E-state index is -1.21. The highest BCUT2D eigenvalue weighted by molar-refractivity contribution is 5.91. The van der Waals surface area contributed by atoms with Crippen LogP contribution in [0.5, 0.6) is 17.2 Å². The number of rotatable bonds is 13. The Morgan fingerprint density at radius 2 is 1.49 bits per heavy atom. The fourth-order valence-corrected chi connectivity index (χ4v) is 3.58. The molecule has 0 spiro atoms. The molecule has 3 rings (SSSR count). The second kappa shape index (κ2) is 14.3. The predicted molar refractivity (Wildman–Crippen MR) is 144 cm³/mol. The van der Waals surface area contributed by atoms with Crippen LogP contribution in [0, 0.1) is 6.92 Å². The van der Waals surface area contributed by atoms with Crippen molar-refractivity contribution in [1.29, 1.82) is 0 Å². The van der Waals surface area contributed by atoms with Gasteiger partial charge in [-0.1, -0.05) is 31.4 Å². The molecule has 39 heavy (non-hydrogen) atoms. The van der Waals surface area contributed by atoms with Gasteiger partial charge in [0.15, 0.2) is 0 Å². The van der Waals surface area contributed by atoms with Crippen LogP contribution in [0.15, 0.2) is 92.0 Å². The minimum Gasteiger partial charge on any atom is -0.493 e. The van der Waals surface area contributed by atoms with Crippen molar-refractivity contribution < 1.29 is 37.7 Å². The van der Waals surface area contributed by atoms with E-state index in [4.69, 9.17) is 14.2 Å². The number of halogens is 1. The van der Waals surface area contributed by atoms with Crippen LogP contribution in [0.3, 0.4) is 0 Å². The first-order valence-electron chi connectivity index (χ1n) is 12.3. The zero-order chi connectivity index (χ0) is 28.2. The van der Waals surface area contributed by atoms with Crippen LogP contribution >= 0.6 is 0 Å². The SMILES string of the molecule is C=COC(=O)CCCCCOc1ccc(-c2ccc(C(=O)Oc3ccc(OC(=O)C(=C)F)cc3)cc2)cc1C. The quantitative estimate of drug-likeness (QED) is 0.0778. The third-order valence-corrected chi connectivity index (χ3v) is 5.59. The molecule has 3 aromatic carbocycles. The molecule has 0 aromatic heterocycles. The monoisotopic (exact) mass is 532 g/mol. The Morgan fingerprint density at radius 1 is 0.846 bits per heavy atom. The molecule has 0 aliphatic rings. The summed E-state index contributed by atoms with van der Waals surface area (Å²) >= 11 is 0. The van der Waals surface area contributed by atoms with E-state index in [-0.39, 0.29) is 17.5 Å². The molecule has 0 aliphatic heterocycles. The third-order valence-electron chi connectivity index (χ3n) is 5.59. The van der Waals surface area contributed by atoms with Crippen molar-refractivity contribution in [3.05, 3.63) is 103 Å². The number of benzene rings is 3. The van der Waals surface area contributed by atoms with E-state index in [9.17, 15) is 18.8 Å². The molecule has 8 heteroatoms. The number of aryl methyl sites for hydroxylation is 1. The summed E-state index contributed by atoms with van der Waals surface area (Å²) in [6.07, 6.45) is 3.92. The summed E-state index contributed by atoms with van der Waals surface area (Å²) in [7, 11) is 0. The highest BCUT2D eigenvalue weighted by Crippen LogP contribution is 2.27. The van der Waals surface area contributed by atoms with Gasteiger partial charge in [0.2, 0.25) is 5.83 Å². The maximum atomic E-state index is 12.8. The average molecular weight is 533 g/mol. The van der Waals surface area contributed by atoms with Gasteiger partial charge in [0.05, 0.1) is 18.4 Å². The maximum absolute atomic E-state index is 12.8. The lowest BCUT2D eigenvalue weighted by Crippen LogP contribution is -2.09. The van der Waals surface area contributed by atoms with E-state index in [0.29, 0.717) is 18.6 Å². The minimum absolute atomic E-state index is 0.0952. The number of hydrogen-bond acceptors (Lipinski definition) is 7. The summed E-state index contributed by atoms with van der Waals surface area (Å²) in [5, 5.41) is 0. The maximum Gasteiger partial charge on any atom is 0.371 e. The topological polar surface area (TPSA) is 88.1 Å². The third kappa shape index (κ3) is 8.96. The molecular weight excluding hydrogens is 503 g/mol. The van der Waals surface area contributed by atoms with Crippen LogP contribution in [0.1, 0.15) is 41.6 Å². The summed E-state index contributed by atoms with van der Waals surface area (Å²) < 4.78 is 33.4. The van der Waals surface area contributed by atoms with Crippen molar-refractivity contribution in [2.75, 3.05) is 6.61 Å². The van der Waals surface area contributed by atoms with Crippen LogP contribution in [0.2, 0.25) is 0 Å². The molecule has 0 aliphatic carbocycles. The van der Waals surface area contributed by atoms with Crippen LogP contribution < -0.4 is 14.2 Å². The van der Waals surface area contributed by atoms with Gasteiger partial charge in [0.25, 0.3) is 0 Å². The second-order valence-electron chi connectivity index (χ2n) is 8.53. The van der Waals surface area contributed by atoms with Gasteiger partial charge in [0.1, 0.15) is 17.2 Å². The van der Waals surface area contributed by atoms with Crippen LogP contribution in [0.25, 0.3) is 11.1 Å². The van der Waals surface area contributed by atoms with Gasteiger partial charge in [-0.25, -0.2) is 9.59 Å². The Bertz CT molecular complexity index is 1330. The molecular formula is C31H29FO7. The van der Waals surface area contributed by atoms with E-state index < -0.39 is 17.8 Å². The zero-order valence-corrected chi connectivity index (χ0v) is 21.6. The fraction of sp³-hybridized carbons (Fsp3) is 0.194. The molecule has 0 radical (unpaired) electrons. The molecule has 0 saturated heterocycles. The summed E-state index contributed by atoms with van der Waals surface area (Å²) in [6, 6.07) is 18.5. The summed E-state index contributed by atoms with van der Waals surface area (Å²) in [5.74, 6) is -2.10. The molecule has 0 unspecified atom stereocenters. The first-order valence-corrected chi connectivity index (χ1v) is 12.3. The zero-order valence-electron chi connectivity index (χ0n) is 21.6. The molecule has 202 valence electrons. The molecule has 0 saturated carbocycles. The second-order valence-corrected chi connectivity index (χ2v) is 8.53. The van der Waals surface area contributed by atoms with E-state index in [0.717, 1.165) is 48.0 Å². The van der Waals surface area contributed by atoms with E-state index in [2.05, 4.69) is 17.9 Å². The molecule has 0 atom stereocenters. The number of hydrogen-bond donors (Lipinski definition) is 0. The number of ether oxygens (including phenoxy) is 4. The van der Waals surface area contributed by atoms with Crippen molar-refractivity contribution in [1.82, 2.24) is 0 Å². The van der Waals surface area contributed by atoms with Crippen molar-refractivity contribution >= 4 is 17.9 Å². The lowest BCUT2D eigenvalue weighted by molar-refractivity contribution is -0.138. The van der Waals surface area contributed by atoms with Gasteiger partial charge in [0, 0.05) is 6.42 Å². The van der Waals surface area contributed by atoms with Gasteiger partial charge in [-0.05, 0) is 91.4 Å². The van der Waals surface area contributed by atoms with E-state index >= 15 is 0 Å². The van der Waals surface area contributed by atoms with Gasteiger partial charge in [-0.15, -0.1) is 0 Å². The smallest absolute Gasteiger partial charge is 0.371 e. The average Bonchev–Trinajstić information content (AvgIpc) is 2.92. The summed E-state index contributed by atoms with van der Waals surface area (Å²) in [4.78, 5) is 35.1. The molecule has 7 nitrogen and oxygen atoms in total. The van der Waals surface area contributed by atoms with E-state index in [1.807, 2.05) is 37.3 Å². The molecule has 0 heterocycles. The Hall–Kier alpha value is -4.72. The first-order chi connectivity index (χ1) is 18.8. The highest BCUT2D eigenvalue weighted by Gasteiger charge is 2.12. The molecule has 3 aromatic rings. The number of esters is 3. The lowest BCUT2D eigenvalue weighted by Gasteiger charge is -2.11. The molecule has 0 bridgehead atoms. The molecule has 0 N–H and O–H groups in total. The normalized spacial score (nSPS) is 10.3. The van der Waals surface area contributed by atoms with E-state index in [1.54, 1.807) is 12.1 Å². The van der Waals surface area contributed by atoms with Crippen LogP contribution in [0.4, 0.5) is 4.39 Å². The van der Waals surface area contributed by atoms with Crippen molar-refractivity contribution in [3.8, 4) is 28.4 Å². The highest BCUT2D eigenvalue weighted by atomic mass is 19.1. The van der Waals surface area contributed by atoms with Gasteiger partial charge in [-0.3, -0.25) is 4.79 Å². The fourth-order valence-electron chi connectivity index (χ4n) is 3.58. The van der Waals surface area contributed by atoms with Crippen molar-refractivity contribution in [2.24, 2.45) is 0 Å². The molecule has 0 amide bonds. The summed E-state index contributed by atoms with van der Waals surface area (Å²) in [6.45, 7) is 8.75. The lowest BCUT2D eigenvalue weighted by atomic mass is 10.0. The Kier molecular flexibility index (Phi) is 10.6. The van der Waals surface area contributed by atoms with Gasteiger partial charge < -0.3 is 18.9 Å². The summed E-state index contributed by atoms with van der Waals surface area (Å²) in [5.41, 5.74) is 3.24. The number of unbranched alkanes of at least 4 members (excludes halogenated alkanes) is 2. The standard InChI is InChI=1S/C31H29FO7/c1-4-36-29(33)8-6-5-7-19-37-28-18-13-25(20-21(28)2)23-9-11-24(12-10-23)31(35)39-27-16-14-26(15-17-27)38-30(34)22(3)32/h4,9-18,20H,1,3,5-8,19H2,2H3. The number of carbonyl (C=O) groups excluding carboxylic acids is 3. The van der Waals surface area contributed by atoms with Crippen molar-refractivity contribution in [2.45, 2.75) is 32.6 Å². The van der Waals surface area contributed by atoms with Crippen molar-refractivity contribution in [3.63, 3.8) is 0 Å². The van der Waals surface area contributed by atoms with Gasteiger partial charge >= 0.3 is 17.9 Å². The molecule has 0 fully saturated rings. The number of carbonyl (C=O) groups is 3. The van der Waals surface area contributed by atoms with Crippen LogP contribution in [-0.2, 0) is 14.3 Å². The Balaban J connectivity index is 1.50. The predicted octanol–water partition coefficient (Wildman–Crippen LogP) is 6.90. The Labute approximate surface area is 226 Å². The Morgan fingerprint density at radius 3 is 2.10 bits per heavy atom. The first kappa shape index (κ1) is 28.8. The largest absolute Gasteiger partial charge is 0.493 e.